The topological polar surface area (TPSA) is 114 Å². The molecule has 0 bridgehead atoms. The van der Waals surface area contributed by atoms with Crippen LogP contribution in [0.15, 0.2) is 83.8 Å². The average Bonchev–Trinajstić information content (AvgIpc) is 2.90. The number of carbonyl (C=O) groups is 2. The number of sulfonamides is 1. The third-order valence-corrected chi connectivity index (χ3v) is 7.15. The summed E-state index contributed by atoms with van der Waals surface area (Å²) in [4.78, 5) is 24.3. The molecular formula is C27H30ClN3O5S. The lowest BCUT2D eigenvalue weighted by atomic mass is 10.1. The van der Waals surface area contributed by atoms with Crippen molar-refractivity contribution in [2.75, 3.05) is 19.0 Å². The molecule has 1 unspecified atom stereocenters. The van der Waals surface area contributed by atoms with E-state index in [0.717, 1.165) is 16.7 Å². The number of halogens is 1. The van der Waals surface area contributed by atoms with Gasteiger partial charge in [0.05, 0.1) is 4.90 Å². The Morgan fingerprint density at radius 2 is 1.51 bits per heavy atom. The second-order valence-electron chi connectivity index (χ2n) is 8.38. The Hall–Kier alpha value is -3.40. The minimum absolute atomic E-state index is 0.0648. The Bertz CT molecular complexity index is 1270. The maximum absolute atomic E-state index is 13.0. The third kappa shape index (κ3) is 9.20. The molecule has 0 aliphatic heterocycles. The van der Waals surface area contributed by atoms with E-state index in [0.29, 0.717) is 12.4 Å². The highest BCUT2D eigenvalue weighted by atomic mass is 35.5. The Labute approximate surface area is 222 Å². The molecule has 3 rings (SSSR count). The van der Waals surface area contributed by atoms with Gasteiger partial charge in [0, 0.05) is 13.1 Å². The van der Waals surface area contributed by atoms with Gasteiger partial charge in [0.15, 0.2) is 0 Å². The molecule has 8 nitrogen and oxygen atoms in total. The first kappa shape index (κ1) is 28.2. The molecule has 0 fully saturated rings. The molecule has 0 spiro atoms. The summed E-state index contributed by atoms with van der Waals surface area (Å²) in [5.74, 6) is -0.399. The summed E-state index contributed by atoms with van der Waals surface area (Å²) in [6.45, 7) is 2.57. The summed E-state index contributed by atoms with van der Waals surface area (Å²) in [5, 5.41) is 5.21. The van der Waals surface area contributed by atoms with Crippen molar-refractivity contribution in [2.24, 2.45) is 0 Å². The van der Waals surface area contributed by atoms with Crippen molar-refractivity contribution in [1.29, 1.82) is 0 Å². The van der Waals surface area contributed by atoms with E-state index in [1.54, 1.807) is 36.4 Å². The monoisotopic (exact) mass is 543 g/mol. The van der Waals surface area contributed by atoms with E-state index >= 15 is 0 Å². The molecule has 0 saturated heterocycles. The van der Waals surface area contributed by atoms with Gasteiger partial charge < -0.3 is 15.4 Å². The fourth-order valence-corrected chi connectivity index (χ4v) is 4.71. The van der Waals surface area contributed by atoms with Gasteiger partial charge >= 0.3 is 0 Å². The minimum Gasteiger partial charge on any atom is -0.489 e. The maximum Gasteiger partial charge on any atom is 0.241 e. The summed E-state index contributed by atoms with van der Waals surface area (Å²) in [6, 6.07) is 22.2. The first-order valence-corrected chi connectivity index (χ1v) is 13.7. The van der Waals surface area contributed by atoms with Crippen molar-refractivity contribution in [3.8, 4) is 5.75 Å². The molecule has 3 N–H and O–H groups in total. The standard InChI is InChI=1S/C27H30ClN3O5S/c1-20-7-13-24(14-8-20)37(34,35)31-25(27(33)30-16-15-29-26(32)18-28)17-21-9-11-23(12-10-21)36-19-22-5-3-2-4-6-22/h2-14,25,31H,15-19H2,1H3,(H,29,32)(H,30,33). The second kappa shape index (κ2) is 13.8. The van der Waals surface area contributed by atoms with E-state index in [9.17, 15) is 18.0 Å². The highest BCUT2D eigenvalue weighted by Crippen LogP contribution is 2.17. The summed E-state index contributed by atoms with van der Waals surface area (Å²) < 4.78 is 34.3. The summed E-state index contributed by atoms with van der Waals surface area (Å²) >= 11 is 5.45. The largest absolute Gasteiger partial charge is 0.489 e. The SMILES string of the molecule is Cc1ccc(S(=O)(=O)NC(Cc2ccc(OCc3ccccc3)cc2)C(=O)NCCNC(=O)CCl)cc1. The number of amides is 2. The summed E-state index contributed by atoms with van der Waals surface area (Å²) in [6.07, 6.45) is 0.115. The van der Waals surface area contributed by atoms with Crippen molar-refractivity contribution in [3.05, 3.63) is 95.6 Å². The van der Waals surface area contributed by atoms with Crippen LogP contribution in [0.3, 0.4) is 0 Å². The van der Waals surface area contributed by atoms with Crippen molar-refractivity contribution in [2.45, 2.75) is 30.9 Å². The lowest BCUT2D eigenvalue weighted by Gasteiger charge is -2.19. The number of carbonyl (C=O) groups excluding carboxylic acids is 2. The van der Waals surface area contributed by atoms with Crippen molar-refractivity contribution >= 4 is 33.4 Å². The predicted octanol–water partition coefficient (Wildman–Crippen LogP) is 2.93. The van der Waals surface area contributed by atoms with E-state index < -0.39 is 22.0 Å². The van der Waals surface area contributed by atoms with Gasteiger partial charge in [0.1, 0.15) is 24.3 Å². The highest BCUT2D eigenvalue weighted by molar-refractivity contribution is 7.89. The van der Waals surface area contributed by atoms with E-state index in [1.807, 2.05) is 37.3 Å². The maximum atomic E-state index is 13.0. The molecule has 10 heteroatoms. The van der Waals surface area contributed by atoms with Crippen molar-refractivity contribution < 1.29 is 22.7 Å². The first-order chi connectivity index (χ1) is 17.8. The van der Waals surface area contributed by atoms with Crippen LogP contribution in [0.2, 0.25) is 0 Å². The summed E-state index contributed by atoms with van der Waals surface area (Å²) in [5.41, 5.74) is 2.70. The number of benzene rings is 3. The fourth-order valence-electron chi connectivity index (χ4n) is 3.42. The minimum atomic E-state index is -3.96. The van der Waals surface area contributed by atoms with Gasteiger partial charge in [-0.1, -0.05) is 60.2 Å². The Balaban J connectivity index is 1.68. The van der Waals surface area contributed by atoms with Gasteiger partial charge in [-0.05, 0) is 48.7 Å². The van der Waals surface area contributed by atoms with Crippen LogP contribution >= 0.6 is 11.6 Å². The number of rotatable bonds is 13. The fraction of sp³-hybridized carbons (Fsp3) is 0.259. The lowest BCUT2D eigenvalue weighted by Crippen LogP contribution is -2.49. The zero-order valence-electron chi connectivity index (χ0n) is 20.4. The number of nitrogens with one attached hydrogen (secondary N) is 3. The second-order valence-corrected chi connectivity index (χ2v) is 10.4. The Morgan fingerprint density at radius 3 is 2.16 bits per heavy atom. The Kier molecular flexibility index (Phi) is 10.5. The van der Waals surface area contributed by atoms with Gasteiger partial charge in [0.25, 0.3) is 0 Å². The quantitative estimate of drug-likeness (QED) is 0.227. The first-order valence-electron chi connectivity index (χ1n) is 11.7. The summed E-state index contributed by atoms with van der Waals surface area (Å²) in [7, 11) is -3.96. The number of hydrogen-bond acceptors (Lipinski definition) is 5. The molecule has 0 saturated carbocycles. The van der Waals surface area contributed by atoms with Crippen LogP contribution in [-0.4, -0.2) is 45.2 Å². The molecule has 3 aromatic rings. The van der Waals surface area contributed by atoms with Crippen LogP contribution in [0.5, 0.6) is 5.75 Å². The number of ether oxygens (including phenoxy) is 1. The molecule has 3 aromatic carbocycles. The van der Waals surface area contributed by atoms with Crippen LogP contribution in [0.1, 0.15) is 16.7 Å². The van der Waals surface area contributed by atoms with Gasteiger partial charge in [-0.3, -0.25) is 9.59 Å². The normalized spacial score (nSPS) is 11.9. The number of aryl methyl sites for hydroxylation is 1. The van der Waals surface area contributed by atoms with Gasteiger partial charge in [0.2, 0.25) is 21.8 Å². The highest BCUT2D eigenvalue weighted by Gasteiger charge is 2.26. The third-order valence-electron chi connectivity index (χ3n) is 5.42. The molecular weight excluding hydrogens is 514 g/mol. The smallest absolute Gasteiger partial charge is 0.241 e. The van der Waals surface area contributed by atoms with Gasteiger partial charge in [-0.2, -0.15) is 4.72 Å². The van der Waals surface area contributed by atoms with Gasteiger partial charge in [-0.25, -0.2) is 8.42 Å². The van der Waals surface area contributed by atoms with Crippen molar-refractivity contribution in [1.82, 2.24) is 15.4 Å². The van der Waals surface area contributed by atoms with Crippen LogP contribution in [0.25, 0.3) is 0 Å². The molecule has 0 heterocycles. The lowest BCUT2D eigenvalue weighted by molar-refractivity contribution is -0.123. The van der Waals surface area contributed by atoms with E-state index in [-0.39, 0.29) is 36.2 Å². The van der Waals surface area contributed by atoms with E-state index in [4.69, 9.17) is 16.3 Å². The van der Waals surface area contributed by atoms with Crippen LogP contribution in [0, 0.1) is 6.92 Å². The van der Waals surface area contributed by atoms with Crippen LogP contribution in [0.4, 0.5) is 0 Å². The Morgan fingerprint density at radius 1 is 0.865 bits per heavy atom. The molecule has 196 valence electrons. The average molecular weight is 544 g/mol. The number of hydrogen-bond donors (Lipinski definition) is 3. The number of alkyl halides is 1. The predicted molar refractivity (Wildman–Crippen MR) is 143 cm³/mol. The molecule has 2 amide bonds. The van der Waals surface area contributed by atoms with Crippen LogP contribution < -0.4 is 20.1 Å². The molecule has 1 atom stereocenters. The van der Waals surface area contributed by atoms with Crippen molar-refractivity contribution in [3.63, 3.8) is 0 Å². The molecule has 0 aliphatic carbocycles. The molecule has 0 radical (unpaired) electrons. The zero-order chi connectivity index (χ0) is 26.7. The molecule has 0 aliphatic rings. The van der Waals surface area contributed by atoms with Gasteiger partial charge in [-0.15, -0.1) is 11.6 Å². The zero-order valence-corrected chi connectivity index (χ0v) is 22.0. The van der Waals surface area contributed by atoms with E-state index in [2.05, 4.69) is 15.4 Å². The van der Waals surface area contributed by atoms with E-state index in [1.165, 1.54) is 12.1 Å². The molecule has 0 aromatic heterocycles. The molecule has 37 heavy (non-hydrogen) atoms. The van der Waals surface area contributed by atoms with Crippen LogP contribution in [-0.2, 0) is 32.6 Å².